The molecule has 0 atom stereocenters. The molecule has 1 fully saturated rings. The monoisotopic (exact) mass is 388 g/mol. The summed E-state index contributed by atoms with van der Waals surface area (Å²) in [6, 6.07) is 14.3. The quantitative estimate of drug-likeness (QED) is 0.710. The number of ether oxygens (including phenoxy) is 2. The summed E-state index contributed by atoms with van der Waals surface area (Å²) in [5.74, 6) is 0.851. The van der Waals surface area contributed by atoms with Crippen molar-refractivity contribution in [2.24, 2.45) is 4.99 Å². The highest BCUT2D eigenvalue weighted by molar-refractivity contribution is 9.10. The lowest BCUT2D eigenvalue weighted by Gasteiger charge is -2.28. The average Bonchev–Trinajstić information content (AvgIpc) is 2.63. The minimum Gasteiger partial charge on any atom is -0.493 e. The molecule has 2 aromatic carbocycles. The molecule has 0 saturated carbocycles. The van der Waals surface area contributed by atoms with E-state index in [0.29, 0.717) is 6.61 Å². The second-order valence-corrected chi connectivity index (χ2v) is 6.35. The number of aliphatic imine (C=N–C) groups is 1. The maximum absolute atomic E-state index is 5.52. The van der Waals surface area contributed by atoms with Crippen LogP contribution < -0.4 is 9.64 Å². The van der Waals surface area contributed by atoms with Gasteiger partial charge in [0.1, 0.15) is 5.75 Å². The third-order valence-corrected chi connectivity index (χ3v) is 4.46. The Labute approximate surface area is 151 Å². The predicted molar refractivity (Wildman–Crippen MR) is 102 cm³/mol. The molecule has 0 bridgehead atoms. The van der Waals surface area contributed by atoms with Crippen LogP contribution in [-0.4, -0.2) is 39.1 Å². The fraction of sp³-hybridized carbons (Fsp3) is 0.316. The van der Waals surface area contributed by atoms with Gasteiger partial charge in [-0.15, -0.1) is 0 Å². The van der Waals surface area contributed by atoms with E-state index in [1.165, 1.54) is 5.69 Å². The van der Waals surface area contributed by atoms with E-state index in [-0.39, 0.29) is 0 Å². The number of hydrogen-bond donors (Lipinski definition) is 0. The zero-order valence-electron chi connectivity index (χ0n) is 13.7. The van der Waals surface area contributed by atoms with Crippen molar-refractivity contribution in [3.63, 3.8) is 0 Å². The van der Waals surface area contributed by atoms with Crippen LogP contribution in [-0.2, 0) is 4.74 Å². The Morgan fingerprint density at radius 2 is 1.92 bits per heavy atom. The minimum atomic E-state index is 0.654. The van der Waals surface area contributed by atoms with Crippen molar-refractivity contribution in [3.8, 4) is 5.75 Å². The number of hydrogen-bond acceptors (Lipinski definition) is 4. The molecule has 1 aliphatic rings. The molecule has 0 N–H and O–H groups in total. The number of rotatable bonds is 5. The summed E-state index contributed by atoms with van der Waals surface area (Å²) >= 11 is 3.53. The van der Waals surface area contributed by atoms with Crippen molar-refractivity contribution in [3.05, 3.63) is 52.5 Å². The molecule has 4 nitrogen and oxygen atoms in total. The van der Waals surface area contributed by atoms with Crippen LogP contribution in [0.1, 0.15) is 12.5 Å². The molecule has 0 spiro atoms. The molecule has 0 aromatic heterocycles. The summed E-state index contributed by atoms with van der Waals surface area (Å²) in [4.78, 5) is 6.88. The van der Waals surface area contributed by atoms with Gasteiger partial charge in [-0.2, -0.15) is 0 Å². The standard InChI is InChI=1S/C19H21BrN2O2/c1-2-24-19-8-3-15(13-18(19)20)14-21-16-4-6-17(7-5-16)22-9-11-23-12-10-22/h3-8,13-14H,2,9-12H2,1H3. The molecule has 2 aromatic rings. The van der Waals surface area contributed by atoms with Gasteiger partial charge in [-0.3, -0.25) is 4.99 Å². The predicted octanol–water partition coefficient (Wildman–Crippen LogP) is 4.44. The van der Waals surface area contributed by atoms with Crippen molar-refractivity contribution in [1.82, 2.24) is 0 Å². The summed E-state index contributed by atoms with van der Waals surface area (Å²) in [5.41, 5.74) is 3.20. The zero-order valence-corrected chi connectivity index (χ0v) is 15.3. The van der Waals surface area contributed by atoms with E-state index < -0.39 is 0 Å². The number of morpholine rings is 1. The van der Waals surface area contributed by atoms with Crippen molar-refractivity contribution >= 4 is 33.5 Å². The molecule has 0 radical (unpaired) electrons. The summed E-state index contributed by atoms with van der Waals surface area (Å²) in [6.45, 7) is 6.12. The van der Waals surface area contributed by atoms with Crippen LogP contribution in [0, 0.1) is 0 Å². The van der Waals surface area contributed by atoms with Crippen LogP contribution in [0.4, 0.5) is 11.4 Å². The van der Waals surface area contributed by atoms with E-state index in [1.807, 2.05) is 43.5 Å². The van der Waals surface area contributed by atoms with Crippen molar-refractivity contribution in [1.29, 1.82) is 0 Å². The van der Waals surface area contributed by atoms with E-state index >= 15 is 0 Å². The summed E-state index contributed by atoms with van der Waals surface area (Å²) in [7, 11) is 0. The Morgan fingerprint density at radius 1 is 1.17 bits per heavy atom. The molecule has 3 rings (SSSR count). The van der Waals surface area contributed by atoms with E-state index in [2.05, 4.69) is 38.0 Å². The highest BCUT2D eigenvalue weighted by Gasteiger charge is 2.10. The van der Waals surface area contributed by atoms with Crippen LogP contribution in [0.2, 0.25) is 0 Å². The van der Waals surface area contributed by atoms with Crippen LogP contribution in [0.5, 0.6) is 5.75 Å². The fourth-order valence-corrected chi connectivity index (χ4v) is 3.10. The first-order chi connectivity index (χ1) is 11.8. The lowest BCUT2D eigenvalue weighted by molar-refractivity contribution is 0.122. The number of anilines is 1. The summed E-state index contributed by atoms with van der Waals surface area (Å²) < 4.78 is 11.8. The summed E-state index contributed by atoms with van der Waals surface area (Å²) in [6.07, 6.45) is 1.87. The van der Waals surface area contributed by atoms with Crippen LogP contribution in [0.15, 0.2) is 51.9 Å². The van der Waals surface area contributed by atoms with E-state index in [9.17, 15) is 0 Å². The van der Waals surface area contributed by atoms with E-state index in [4.69, 9.17) is 9.47 Å². The van der Waals surface area contributed by atoms with Crippen molar-refractivity contribution < 1.29 is 9.47 Å². The van der Waals surface area contributed by atoms with Gasteiger partial charge >= 0.3 is 0 Å². The molecular weight excluding hydrogens is 368 g/mol. The summed E-state index contributed by atoms with van der Waals surface area (Å²) in [5, 5.41) is 0. The third kappa shape index (κ3) is 4.36. The normalized spacial score (nSPS) is 15.0. The van der Waals surface area contributed by atoms with Crippen LogP contribution in [0.3, 0.4) is 0 Å². The topological polar surface area (TPSA) is 34.1 Å². The first-order valence-electron chi connectivity index (χ1n) is 8.15. The lowest BCUT2D eigenvalue weighted by atomic mass is 10.2. The van der Waals surface area contributed by atoms with Gasteiger partial charge in [-0.25, -0.2) is 0 Å². The first-order valence-corrected chi connectivity index (χ1v) is 8.95. The largest absolute Gasteiger partial charge is 0.493 e. The molecule has 24 heavy (non-hydrogen) atoms. The molecule has 0 amide bonds. The molecule has 1 aliphatic heterocycles. The highest BCUT2D eigenvalue weighted by atomic mass is 79.9. The Balaban J connectivity index is 1.67. The smallest absolute Gasteiger partial charge is 0.133 e. The molecule has 1 heterocycles. The first kappa shape index (κ1) is 17.0. The molecule has 0 aliphatic carbocycles. The van der Waals surface area contributed by atoms with Gasteiger partial charge in [0.25, 0.3) is 0 Å². The van der Waals surface area contributed by atoms with Gasteiger partial charge in [0, 0.05) is 25.0 Å². The van der Waals surface area contributed by atoms with Gasteiger partial charge in [0.2, 0.25) is 0 Å². The highest BCUT2D eigenvalue weighted by Crippen LogP contribution is 2.26. The Hall–Kier alpha value is -1.85. The van der Waals surface area contributed by atoms with Gasteiger partial charge in [-0.05, 0) is 70.9 Å². The van der Waals surface area contributed by atoms with Crippen molar-refractivity contribution in [2.45, 2.75) is 6.92 Å². The SMILES string of the molecule is CCOc1ccc(C=Nc2ccc(N3CCOCC3)cc2)cc1Br. The lowest BCUT2D eigenvalue weighted by Crippen LogP contribution is -2.36. The fourth-order valence-electron chi connectivity index (χ4n) is 2.59. The molecular formula is C19H21BrN2O2. The molecule has 0 unspecified atom stereocenters. The number of nitrogens with zero attached hydrogens (tertiary/aromatic N) is 2. The Kier molecular flexibility index (Phi) is 5.88. The minimum absolute atomic E-state index is 0.654. The Bertz CT molecular complexity index is 695. The maximum atomic E-state index is 5.52. The number of benzene rings is 2. The van der Waals surface area contributed by atoms with E-state index in [0.717, 1.165) is 47.8 Å². The number of halogens is 1. The average molecular weight is 389 g/mol. The third-order valence-electron chi connectivity index (χ3n) is 3.84. The molecule has 1 saturated heterocycles. The molecule has 5 heteroatoms. The maximum Gasteiger partial charge on any atom is 0.133 e. The van der Waals surface area contributed by atoms with Gasteiger partial charge in [0.05, 0.1) is 30.0 Å². The van der Waals surface area contributed by atoms with Crippen LogP contribution in [0.25, 0.3) is 0 Å². The Morgan fingerprint density at radius 3 is 2.58 bits per heavy atom. The zero-order chi connectivity index (χ0) is 16.8. The van der Waals surface area contributed by atoms with Gasteiger partial charge in [0.15, 0.2) is 0 Å². The molecule has 126 valence electrons. The second-order valence-electron chi connectivity index (χ2n) is 5.50. The van der Waals surface area contributed by atoms with Crippen LogP contribution >= 0.6 is 15.9 Å². The van der Waals surface area contributed by atoms with E-state index in [1.54, 1.807) is 0 Å². The van der Waals surface area contributed by atoms with Crippen molar-refractivity contribution in [2.75, 3.05) is 37.8 Å². The van der Waals surface area contributed by atoms with Gasteiger partial charge in [-0.1, -0.05) is 0 Å². The second kappa shape index (κ2) is 8.31. The van der Waals surface area contributed by atoms with Gasteiger partial charge < -0.3 is 14.4 Å².